The Balaban J connectivity index is 2.89. The van der Waals surface area contributed by atoms with Gasteiger partial charge in [-0.05, 0) is 45.6 Å². The van der Waals surface area contributed by atoms with Gasteiger partial charge in [-0.2, -0.15) is 0 Å². The molecule has 4 nitrogen and oxygen atoms in total. The highest BCUT2D eigenvalue weighted by molar-refractivity contribution is 5.68. The summed E-state index contributed by atoms with van der Waals surface area (Å²) in [6.07, 6.45) is 4.22. The van der Waals surface area contributed by atoms with Crippen molar-refractivity contribution in [2.75, 3.05) is 6.54 Å². The zero-order valence-corrected chi connectivity index (χ0v) is 14.0. The summed E-state index contributed by atoms with van der Waals surface area (Å²) in [5, 5.41) is 3.11. The average molecular weight is 284 g/mol. The van der Waals surface area contributed by atoms with Crippen LogP contribution in [0.15, 0.2) is 0 Å². The van der Waals surface area contributed by atoms with E-state index in [4.69, 9.17) is 10.5 Å². The van der Waals surface area contributed by atoms with Gasteiger partial charge in [0.25, 0.3) is 0 Å². The molecule has 4 heteroatoms. The van der Waals surface area contributed by atoms with Crippen LogP contribution in [0.25, 0.3) is 0 Å². The maximum absolute atomic E-state index is 12.2. The molecule has 0 saturated heterocycles. The fourth-order valence-corrected chi connectivity index (χ4v) is 3.40. The van der Waals surface area contributed by atoms with Crippen molar-refractivity contribution in [1.82, 2.24) is 5.32 Å². The monoisotopic (exact) mass is 284 g/mol. The Hall–Kier alpha value is -0.770. The van der Waals surface area contributed by atoms with Gasteiger partial charge in [0.05, 0.1) is 0 Å². The van der Waals surface area contributed by atoms with Gasteiger partial charge in [0.2, 0.25) is 0 Å². The van der Waals surface area contributed by atoms with Gasteiger partial charge in [-0.15, -0.1) is 0 Å². The maximum Gasteiger partial charge on any atom is 0.407 e. The fourth-order valence-electron chi connectivity index (χ4n) is 3.40. The summed E-state index contributed by atoms with van der Waals surface area (Å²) >= 11 is 0. The Kier molecular flexibility index (Phi) is 5.12. The summed E-state index contributed by atoms with van der Waals surface area (Å²) < 4.78 is 5.42. The highest BCUT2D eigenvalue weighted by Crippen LogP contribution is 2.45. The van der Waals surface area contributed by atoms with Crippen molar-refractivity contribution in [3.63, 3.8) is 0 Å². The second-order valence-electron chi connectivity index (χ2n) is 8.22. The van der Waals surface area contributed by atoms with Crippen LogP contribution in [0.2, 0.25) is 0 Å². The van der Waals surface area contributed by atoms with Crippen LogP contribution in [0.1, 0.15) is 67.2 Å². The number of alkyl carbamates (subject to hydrolysis) is 1. The lowest BCUT2D eigenvalue weighted by Gasteiger charge is -2.45. The first kappa shape index (κ1) is 17.3. The normalized spacial score (nSPS) is 20.6. The maximum atomic E-state index is 12.2. The average Bonchev–Trinajstić information content (AvgIpc) is 2.71. The summed E-state index contributed by atoms with van der Waals surface area (Å²) in [6.45, 7) is 12.7. The number of rotatable bonds is 3. The first-order valence-electron chi connectivity index (χ1n) is 7.70. The van der Waals surface area contributed by atoms with E-state index in [1.54, 1.807) is 0 Å². The fraction of sp³-hybridized carbons (Fsp3) is 0.938. The molecule has 0 aliphatic heterocycles. The van der Waals surface area contributed by atoms with Crippen molar-refractivity contribution in [2.45, 2.75) is 78.9 Å². The van der Waals surface area contributed by atoms with Crippen molar-refractivity contribution in [2.24, 2.45) is 16.6 Å². The van der Waals surface area contributed by atoms with Gasteiger partial charge in [-0.1, -0.05) is 33.6 Å². The molecular formula is C16H32N2O2. The minimum atomic E-state index is -0.474. The SMILES string of the molecule is CC(C)(C)OC(=O)NC(C(C)(C)C)C1(CN)CCCC1. The topological polar surface area (TPSA) is 64.3 Å². The summed E-state index contributed by atoms with van der Waals surface area (Å²) in [7, 11) is 0. The highest BCUT2D eigenvalue weighted by atomic mass is 16.6. The Morgan fingerprint density at radius 2 is 1.70 bits per heavy atom. The number of nitrogens with two attached hydrogens (primary N) is 1. The third-order valence-corrected chi connectivity index (χ3v) is 4.15. The van der Waals surface area contributed by atoms with E-state index < -0.39 is 5.60 Å². The molecule has 3 N–H and O–H groups in total. The summed E-state index contributed by atoms with van der Waals surface area (Å²) in [6, 6.07) is 0.0392. The van der Waals surface area contributed by atoms with E-state index in [-0.39, 0.29) is 23.0 Å². The predicted molar refractivity (Wildman–Crippen MR) is 82.6 cm³/mol. The standard InChI is InChI=1S/C16H32N2O2/c1-14(2,3)12(16(11-17)9-7-8-10-16)18-13(19)20-15(4,5)6/h12H,7-11,17H2,1-6H3,(H,18,19). The molecule has 20 heavy (non-hydrogen) atoms. The highest BCUT2D eigenvalue weighted by Gasteiger charge is 2.46. The smallest absolute Gasteiger partial charge is 0.407 e. The van der Waals surface area contributed by atoms with Crippen molar-refractivity contribution in [3.05, 3.63) is 0 Å². The van der Waals surface area contributed by atoms with E-state index >= 15 is 0 Å². The Bertz CT molecular complexity index is 333. The Morgan fingerprint density at radius 3 is 2.05 bits per heavy atom. The lowest BCUT2D eigenvalue weighted by molar-refractivity contribution is 0.0320. The molecule has 0 heterocycles. The summed E-state index contributed by atoms with van der Waals surface area (Å²) in [5.41, 5.74) is 5.57. The molecule has 0 spiro atoms. The second kappa shape index (κ2) is 5.92. The number of ether oxygens (including phenoxy) is 1. The lowest BCUT2D eigenvalue weighted by atomic mass is 9.67. The minimum Gasteiger partial charge on any atom is -0.444 e. The van der Waals surface area contributed by atoms with Crippen molar-refractivity contribution < 1.29 is 9.53 Å². The molecule has 1 aliphatic carbocycles. The third kappa shape index (κ3) is 4.37. The van der Waals surface area contributed by atoms with Crippen LogP contribution in [-0.4, -0.2) is 24.3 Å². The molecule has 118 valence electrons. The largest absolute Gasteiger partial charge is 0.444 e. The first-order valence-corrected chi connectivity index (χ1v) is 7.70. The number of carbonyl (C=O) groups is 1. The quantitative estimate of drug-likeness (QED) is 0.834. The molecule has 1 rings (SSSR count). The predicted octanol–water partition coefficient (Wildman–Crippen LogP) is 3.44. The van der Waals surface area contributed by atoms with Crippen LogP contribution >= 0.6 is 0 Å². The first-order chi connectivity index (χ1) is 9.00. The van der Waals surface area contributed by atoms with E-state index in [9.17, 15) is 4.79 Å². The zero-order valence-electron chi connectivity index (χ0n) is 14.0. The second-order valence-corrected chi connectivity index (χ2v) is 8.22. The summed E-state index contributed by atoms with van der Waals surface area (Å²) in [4.78, 5) is 12.2. The Morgan fingerprint density at radius 1 is 1.20 bits per heavy atom. The number of hydrogen-bond donors (Lipinski definition) is 2. The minimum absolute atomic E-state index is 0.00908. The van der Waals surface area contributed by atoms with Gasteiger partial charge >= 0.3 is 6.09 Å². The van der Waals surface area contributed by atoms with Gasteiger partial charge < -0.3 is 15.8 Å². The molecule has 0 aromatic carbocycles. The molecule has 1 aliphatic rings. The van der Waals surface area contributed by atoms with E-state index in [1.807, 2.05) is 20.8 Å². The van der Waals surface area contributed by atoms with Gasteiger partial charge in [-0.3, -0.25) is 0 Å². The molecule has 1 unspecified atom stereocenters. The van der Waals surface area contributed by atoms with Crippen LogP contribution in [0, 0.1) is 10.8 Å². The summed E-state index contributed by atoms with van der Waals surface area (Å²) in [5.74, 6) is 0. The van der Waals surface area contributed by atoms with Crippen LogP contribution in [-0.2, 0) is 4.74 Å². The van der Waals surface area contributed by atoms with Crippen LogP contribution in [0.5, 0.6) is 0 Å². The molecular weight excluding hydrogens is 252 g/mol. The van der Waals surface area contributed by atoms with E-state index in [0.717, 1.165) is 12.8 Å². The van der Waals surface area contributed by atoms with Crippen molar-refractivity contribution in [1.29, 1.82) is 0 Å². The van der Waals surface area contributed by atoms with Gasteiger partial charge in [-0.25, -0.2) is 4.79 Å². The molecule has 1 saturated carbocycles. The zero-order chi connectivity index (χ0) is 15.6. The van der Waals surface area contributed by atoms with Crippen molar-refractivity contribution >= 4 is 6.09 Å². The van der Waals surface area contributed by atoms with Crippen LogP contribution in [0.4, 0.5) is 4.79 Å². The van der Waals surface area contributed by atoms with E-state index in [0.29, 0.717) is 6.54 Å². The van der Waals surface area contributed by atoms with E-state index in [2.05, 4.69) is 26.1 Å². The Labute approximate surface area is 123 Å². The van der Waals surface area contributed by atoms with Gasteiger partial charge in [0.15, 0.2) is 0 Å². The van der Waals surface area contributed by atoms with Crippen LogP contribution in [0.3, 0.4) is 0 Å². The third-order valence-electron chi connectivity index (χ3n) is 4.15. The van der Waals surface area contributed by atoms with E-state index in [1.165, 1.54) is 12.8 Å². The van der Waals surface area contributed by atoms with Gasteiger partial charge in [0, 0.05) is 11.5 Å². The van der Waals surface area contributed by atoms with Crippen molar-refractivity contribution in [3.8, 4) is 0 Å². The molecule has 0 aromatic heterocycles. The molecule has 0 bridgehead atoms. The molecule has 1 fully saturated rings. The molecule has 1 amide bonds. The number of carbonyl (C=O) groups excluding carboxylic acids is 1. The number of hydrogen-bond acceptors (Lipinski definition) is 3. The van der Waals surface area contributed by atoms with Crippen LogP contribution < -0.4 is 11.1 Å². The number of nitrogens with one attached hydrogen (secondary N) is 1. The molecule has 1 atom stereocenters. The van der Waals surface area contributed by atoms with Gasteiger partial charge in [0.1, 0.15) is 5.60 Å². The molecule has 0 radical (unpaired) electrons. The molecule has 0 aromatic rings. The number of amides is 1. The lowest BCUT2D eigenvalue weighted by Crippen LogP contribution is -2.57.